The van der Waals surface area contributed by atoms with Crippen molar-refractivity contribution in [1.82, 2.24) is 20.1 Å². The largest absolute Gasteiger partial charge is 0.493 e. The third-order valence-electron chi connectivity index (χ3n) is 4.15. The van der Waals surface area contributed by atoms with Crippen LogP contribution in [0, 0.1) is 0 Å². The minimum absolute atomic E-state index is 0.450. The van der Waals surface area contributed by atoms with E-state index in [4.69, 9.17) is 14.0 Å². The van der Waals surface area contributed by atoms with E-state index in [1.165, 1.54) is 11.8 Å². The fourth-order valence-electron chi connectivity index (χ4n) is 2.77. The highest BCUT2D eigenvalue weighted by Gasteiger charge is 2.17. The summed E-state index contributed by atoms with van der Waals surface area (Å²) < 4.78 is 17.2. The quantitative estimate of drug-likeness (QED) is 0.370. The van der Waals surface area contributed by atoms with Gasteiger partial charge in [-0.3, -0.25) is 0 Å². The van der Waals surface area contributed by atoms with Crippen LogP contribution < -0.4 is 9.47 Å². The first-order valence-electron chi connectivity index (χ1n) is 8.65. The number of benzene rings is 2. The Morgan fingerprint density at radius 2 is 1.93 bits per heavy atom. The van der Waals surface area contributed by atoms with Crippen molar-refractivity contribution in [1.29, 1.82) is 0 Å². The SMILES string of the molecule is COc1cccc(-c2noc(CSc3ncc(-c4ccc(Br)cc4)[nH]3)n2)c1OC. The molecule has 2 aromatic carbocycles. The standard InChI is InChI=1S/C20H17BrN4O3S/c1-26-16-5-3-4-14(18(16)27-2)19-24-17(28-25-19)11-29-20-22-10-15(23-20)12-6-8-13(21)9-7-12/h3-10H,11H2,1-2H3,(H,22,23). The van der Waals surface area contributed by atoms with Crippen LogP contribution in [0.5, 0.6) is 11.5 Å². The van der Waals surface area contributed by atoms with Crippen molar-refractivity contribution in [2.75, 3.05) is 14.2 Å². The normalized spacial score (nSPS) is 10.9. The van der Waals surface area contributed by atoms with E-state index in [9.17, 15) is 0 Å². The number of nitrogens with one attached hydrogen (secondary N) is 1. The molecule has 9 heteroatoms. The third-order valence-corrected chi connectivity index (χ3v) is 5.55. The summed E-state index contributed by atoms with van der Waals surface area (Å²) in [5.41, 5.74) is 2.73. The minimum atomic E-state index is 0.450. The predicted octanol–water partition coefficient (Wildman–Crippen LogP) is 5.20. The maximum atomic E-state index is 5.44. The van der Waals surface area contributed by atoms with Gasteiger partial charge in [0.05, 0.1) is 37.4 Å². The number of hydrogen-bond acceptors (Lipinski definition) is 7. The second-order valence-electron chi connectivity index (χ2n) is 5.95. The molecule has 29 heavy (non-hydrogen) atoms. The highest BCUT2D eigenvalue weighted by Crippen LogP contribution is 2.36. The number of thioether (sulfide) groups is 1. The Balaban J connectivity index is 1.46. The molecule has 0 bridgehead atoms. The molecule has 2 heterocycles. The Bertz CT molecular complexity index is 1110. The van der Waals surface area contributed by atoms with Crippen LogP contribution in [-0.2, 0) is 5.75 Å². The summed E-state index contributed by atoms with van der Waals surface area (Å²) >= 11 is 4.93. The van der Waals surface area contributed by atoms with Gasteiger partial charge < -0.3 is 19.0 Å². The Labute approximate surface area is 180 Å². The lowest BCUT2D eigenvalue weighted by Crippen LogP contribution is -1.94. The first-order valence-corrected chi connectivity index (χ1v) is 10.4. The fourth-order valence-corrected chi connectivity index (χ4v) is 3.72. The van der Waals surface area contributed by atoms with Gasteiger partial charge in [0.1, 0.15) is 0 Å². The number of hydrogen-bond donors (Lipinski definition) is 1. The molecular weight excluding hydrogens is 456 g/mol. The van der Waals surface area contributed by atoms with Gasteiger partial charge in [-0.2, -0.15) is 4.98 Å². The summed E-state index contributed by atoms with van der Waals surface area (Å²) in [7, 11) is 3.17. The van der Waals surface area contributed by atoms with E-state index < -0.39 is 0 Å². The molecule has 2 aromatic heterocycles. The predicted molar refractivity (Wildman–Crippen MR) is 114 cm³/mol. The molecule has 0 aliphatic rings. The molecule has 148 valence electrons. The van der Waals surface area contributed by atoms with Crippen molar-refractivity contribution in [2.24, 2.45) is 0 Å². The van der Waals surface area contributed by atoms with E-state index in [0.29, 0.717) is 34.5 Å². The zero-order chi connectivity index (χ0) is 20.2. The molecule has 0 amide bonds. The molecule has 4 rings (SSSR count). The summed E-state index contributed by atoms with van der Waals surface area (Å²) in [4.78, 5) is 12.2. The van der Waals surface area contributed by atoms with Gasteiger partial charge in [0.15, 0.2) is 16.7 Å². The zero-order valence-electron chi connectivity index (χ0n) is 15.7. The van der Waals surface area contributed by atoms with Crippen molar-refractivity contribution >= 4 is 27.7 Å². The van der Waals surface area contributed by atoms with E-state index in [2.05, 4.69) is 36.0 Å². The van der Waals surface area contributed by atoms with Gasteiger partial charge in [-0.25, -0.2) is 4.98 Å². The van der Waals surface area contributed by atoms with E-state index in [1.54, 1.807) is 14.2 Å². The Morgan fingerprint density at radius 3 is 2.69 bits per heavy atom. The summed E-state index contributed by atoms with van der Waals surface area (Å²) in [6.45, 7) is 0. The van der Waals surface area contributed by atoms with Crippen LogP contribution in [0.25, 0.3) is 22.6 Å². The molecule has 0 fully saturated rings. The molecule has 0 spiro atoms. The summed E-state index contributed by atoms with van der Waals surface area (Å²) in [5.74, 6) is 2.62. The van der Waals surface area contributed by atoms with E-state index >= 15 is 0 Å². The molecule has 0 aliphatic carbocycles. The molecule has 7 nitrogen and oxygen atoms in total. The van der Waals surface area contributed by atoms with Gasteiger partial charge in [0, 0.05) is 4.47 Å². The maximum absolute atomic E-state index is 5.44. The van der Waals surface area contributed by atoms with Gasteiger partial charge in [-0.05, 0) is 29.8 Å². The molecule has 0 saturated carbocycles. The Morgan fingerprint density at radius 1 is 1.10 bits per heavy atom. The van der Waals surface area contributed by atoms with Gasteiger partial charge in [0.2, 0.25) is 11.7 Å². The first-order chi connectivity index (χ1) is 14.2. The minimum Gasteiger partial charge on any atom is -0.493 e. The zero-order valence-corrected chi connectivity index (χ0v) is 18.1. The molecule has 0 saturated heterocycles. The molecule has 0 atom stereocenters. The van der Waals surface area contributed by atoms with Gasteiger partial charge in [-0.1, -0.05) is 51.0 Å². The number of methoxy groups -OCH3 is 2. The summed E-state index contributed by atoms with van der Waals surface area (Å²) in [6, 6.07) is 13.6. The lowest BCUT2D eigenvalue weighted by Gasteiger charge is -2.09. The van der Waals surface area contributed by atoms with Crippen molar-refractivity contribution < 1.29 is 14.0 Å². The van der Waals surface area contributed by atoms with Crippen LogP contribution in [0.15, 0.2) is 62.8 Å². The van der Waals surface area contributed by atoms with Crippen molar-refractivity contribution in [3.05, 3.63) is 59.0 Å². The first kappa shape index (κ1) is 19.5. The monoisotopic (exact) mass is 472 g/mol. The van der Waals surface area contributed by atoms with E-state index in [0.717, 1.165) is 20.9 Å². The molecule has 1 N–H and O–H groups in total. The molecule has 0 unspecified atom stereocenters. The number of nitrogens with zero attached hydrogens (tertiary/aromatic N) is 3. The van der Waals surface area contributed by atoms with E-state index in [1.807, 2.05) is 48.7 Å². The molecule has 4 aromatic rings. The number of para-hydroxylation sites is 1. The van der Waals surface area contributed by atoms with Crippen molar-refractivity contribution in [3.63, 3.8) is 0 Å². The third kappa shape index (κ3) is 4.30. The number of rotatable bonds is 7. The van der Waals surface area contributed by atoms with E-state index in [-0.39, 0.29) is 0 Å². The topological polar surface area (TPSA) is 86.1 Å². The van der Waals surface area contributed by atoms with Crippen LogP contribution >= 0.6 is 27.7 Å². The van der Waals surface area contributed by atoms with Crippen molar-refractivity contribution in [3.8, 4) is 34.1 Å². The highest BCUT2D eigenvalue weighted by atomic mass is 79.9. The summed E-state index contributed by atoms with van der Waals surface area (Å²) in [5, 5.41) is 4.85. The second kappa shape index (κ2) is 8.71. The van der Waals surface area contributed by atoms with Crippen LogP contribution in [0.1, 0.15) is 5.89 Å². The van der Waals surface area contributed by atoms with Crippen LogP contribution in [0.2, 0.25) is 0 Å². The maximum Gasteiger partial charge on any atom is 0.237 e. The number of ether oxygens (including phenoxy) is 2. The van der Waals surface area contributed by atoms with Gasteiger partial charge in [-0.15, -0.1) is 0 Å². The van der Waals surface area contributed by atoms with Crippen molar-refractivity contribution in [2.45, 2.75) is 10.9 Å². The average Bonchev–Trinajstić information content (AvgIpc) is 3.42. The van der Waals surface area contributed by atoms with Crippen LogP contribution in [0.3, 0.4) is 0 Å². The fraction of sp³-hybridized carbons (Fsp3) is 0.150. The summed E-state index contributed by atoms with van der Waals surface area (Å²) in [6.07, 6.45) is 1.81. The number of aromatic nitrogens is 4. The molecular formula is C20H17BrN4O3S. The second-order valence-corrected chi connectivity index (χ2v) is 7.83. The Hall–Kier alpha value is -2.78. The number of aromatic amines is 1. The molecule has 0 radical (unpaired) electrons. The average molecular weight is 473 g/mol. The molecule has 0 aliphatic heterocycles. The Kier molecular flexibility index (Phi) is 5.86. The number of halogens is 1. The highest BCUT2D eigenvalue weighted by molar-refractivity contribution is 9.10. The number of imidazole rings is 1. The van der Waals surface area contributed by atoms with Crippen LogP contribution in [0.4, 0.5) is 0 Å². The lowest BCUT2D eigenvalue weighted by molar-refractivity contribution is 0.355. The van der Waals surface area contributed by atoms with Gasteiger partial charge >= 0.3 is 0 Å². The van der Waals surface area contributed by atoms with Crippen LogP contribution in [-0.4, -0.2) is 34.3 Å². The smallest absolute Gasteiger partial charge is 0.237 e. The van der Waals surface area contributed by atoms with Gasteiger partial charge in [0.25, 0.3) is 0 Å². The number of H-pyrrole nitrogens is 1. The lowest BCUT2D eigenvalue weighted by atomic mass is 10.2.